The van der Waals surface area contributed by atoms with Crippen molar-refractivity contribution in [2.75, 3.05) is 20.1 Å². The van der Waals surface area contributed by atoms with Crippen molar-refractivity contribution >= 4 is 22.7 Å². The summed E-state index contributed by atoms with van der Waals surface area (Å²) in [5.41, 5.74) is 1.27. The standard InChI is InChI=1S/C18H21N3O2/c1-20-12-18(11-16(20)22)8-4-5-9-21(18)17(23)15-10-13-6-2-3-7-14(13)19-15/h2-3,6-7,10,19H,4-5,8-9,11-12H2,1H3. The van der Waals surface area contributed by atoms with Crippen LogP contribution in [0.5, 0.6) is 0 Å². The lowest BCUT2D eigenvalue weighted by atomic mass is 9.85. The van der Waals surface area contributed by atoms with Crippen LogP contribution in [0.4, 0.5) is 0 Å². The van der Waals surface area contributed by atoms with Crippen LogP contribution in [0, 0.1) is 0 Å². The highest BCUT2D eigenvalue weighted by molar-refractivity contribution is 5.99. The van der Waals surface area contributed by atoms with Crippen molar-refractivity contribution in [2.24, 2.45) is 0 Å². The molecule has 120 valence electrons. The molecule has 1 spiro atoms. The highest BCUT2D eigenvalue weighted by Crippen LogP contribution is 2.37. The number of aromatic amines is 1. The van der Waals surface area contributed by atoms with Gasteiger partial charge in [-0.3, -0.25) is 9.59 Å². The predicted molar refractivity (Wildman–Crippen MR) is 88.2 cm³/mol. The summed E-state index contributed by atoms with van der Waals surface area (Å²) in [6.45, 7) is 1.38. The van der Waals surface area contributed by atoms with Gasteiger partial charge < -0.3 is 14.8 Å². The average Bonchev–Trinajstić information content (AvgIpc) is 3.09. The van der Waals surface area contributed by atoms with Crippen LogP contribution in [0.15, 0.2) is 30.3 Å². The molecule has 2 aliphatic heterocycles. The minimum Gasteiger partial charge on any atom is -0.351 e. The molecule has 0 aliphatic carbocycles. The van der Waals surface area contributed by atoms with Gasteiger partial charge in [0.1, 0.15) is 5.69 Å². The summed E-state index contributed by atoms with van der Waals surface area (Å²) in [5.74, 6) is 0.158. The number of piperidine rings is 1. The number of carbonyl (C=O) groups is 2. The predicted octanol–water partition coefficient (Wildman–Crippen LogP) is 2.39. The molecule has 0 saturated carbocycles. The molecule has 1 atom stereocenters. The van der Waals surface area contributed by atoms with Crippen LogP contribution < -0.4 is 0 Å². The number of carbonyl (C=O) groups excluding carboxylic acids is 2. The van der Waals surface area contributed by atoms with Crippen molar-refractivity contribution in [1.82, 2.24) is 14.8 Å². The molecule has 0 bridgehead atoms. The molecule has 4 rings (SSSR count). The Morgan fingerprint density at radius 1 is 1.26 bits per heavy atom. The Balaban J connectivity index is 1.69. The number of nitrogens with one attached hydrogen (secondary N) is 1. The number of benzene rings is 1. The lowest BCUT2D eigenvalue weighted by Gasteiger charge is -2.44. The number of likely N-dealkylation sites (N-methyl/N-ethyl adjacent to an activating group) is 1. The van der Waals surface area contributed by atoms with E-state index in [1.807, 2.05) is 42.3 Å². The molecule has 2 fully saturated rings. The van der Waals surface area contributed by atoms with E-state index >= 15 is 0 Å². The van der Waals surface area contributed by atoms with E-state index in [1.54, 1.807) is 4.90 Å². The molecule has 1 aromatic heterocycles. The first-order valence-electron chi connectivity index (χ1n) is 8.23. The van der Waals surface area contributed by atoms with E-state index in [0.717, 1.165) is 36.7 Å². The van der Waals surface area contributed by atoms with Crippen LogP contribution in [0.3, 0.4) is 0 Å². The maximum absolute atomic E-state index is 13.1. The van der Waals surface area contributed by atoms with Crippen molar-refractivity contribution in [1.29, 1.82) is 0 Å². The summed E-state index contributed by atoms with van der Waals surface area (Å²) >= 11 is 0. The lowest BCUT2D eigenvalue weighted by molar-refractivity contribution is -0.126. The second-order valence-electron chi connectivity index (χ2n) is 6.84. The quantitative estimate of drug-likeness (QED) is 0.879. The smallest absolute Gasteiger partial charge is 0.270 e. The van der Waals surface area contributed by atoms with Gasteiger partial charge in [0.15, 0.2) is 0 Å². The third-order valence-electron chi connectivity index (χ3n) is 5.29. The Morgan fingerprint density at radius 3 is 2.83 bits per heavy atom. The molecule has 1 aromatic carbocycles. The highest BCUT2D eigenvalue weighted by atomic mass is 16.2. The van der Waals surface area contributed by atoms with Gasteiger partial charge in [-0.25, -0.2) is 0 Å². The number of fused-ring (bicyclic) bond motifs is 1. The van der Waals surface area contributed by atoms with Crippen molar-refractivity contribution in [2.45, 2.75) is 31.2 Å². The lowest BCUT2D eigenvalue weighted by Crippen LogP contribution is -2.56. The molecule has 1 N–H and O–H groups in total. The van der Waals surface area contributed by atoms with Gasteiger partial charge in [-0.15, -0.1) is 0 Å². The highest BCUT2D eigenvalue weighted by Gasteiger charge is 2.49. The molecule has 2 aliphatic rings. The fourth-order valence-corrected chi connectivity index (χ4v) is 4.10. The Kier molecular flexibility index (Phi) is 3.18. The molecular weight excluding hydrogens is 290 g/mol. The Morgan fingerprint density at radius 2 is 2.09 bits per heavy atom. The Hall–Kier alpha value is -2.30. The fraction of sp³-hybridized carbons (Fsp3) is 0.444. The van der Waals surface area contributed by atoms with Gasteiger partial charge in [0.05, 0.1) is 12.0 Å². The second-order valence-corrected chi connectivity index (χ2v) is 6.84. The van der Waals surface area contributed by atoms with Crippen LogP contribution in [0.1, 0.15) is 36.2 Å². The molecule has 0 radical (unpaired) electrons. The second kappa shape index (κ2) is 5.11. The SMILES string of the molecule is CN1CC2(CCCCN2C(=O)c2cc3ccccc3[nH]2)CC1=O. The largest absolute Gasteiger partial charge is 0.351 e. The zero-order valence-electron chi connectivity index (χ0n) is 13.3. The number of hydrogen-bond acceptors (Lipinski definition) is 2. The molecule has 2 amide bonds. The van der Waals surface area contributed by atoms with Crippen molar-refractivity contribution in [3.8, 4) is 0 Å². The van der Waals surface area contributed by atoms with E-state index in [-0.39, 0.29) is 17.4 Å². The van der Waals surface area contributed by atoms with E-state index in [0.29, 0.717) is 18.7 Å². The maximum atomic E-state index is 13.1. The summed E-state index contributed by atoms with van der Waals surface area (Å²) in [6.07, 6.45) is 3.45. The molecule has 2 saturated heterocycles. The molecule has 3 heterocycles. The van der Waals surface area contributed by atoms with E-state index in [2.05, 4.69) is 4.98 Å². The summed E-state index contributed by atoms with van der Waals surface area (Å²) in [7, 11) is 1.83. The first kappa shape index (κ1) is 14.3. The molecule has 1 unspecified atom stereocenters. The minimum atomic E-state index is -0.321. The number of hydrogen-bond donors (Lipinski definition) is 1. The topological polar surface area (TPSA) is 56.4 Å². The number of amides is 2. The zero-order chi connectivity index (χ0) is 16.0. The molecular formula is C18H21N3O2. The number of aromatic nitrogens is 1. The number of likely N-dealkylation sites (tertiary alicyclic amines) is 2. The van der Waals surface area contributed by atoms with Crippen LogP contribution >= 0.6 is 0 Å². The van der Waals surface area contributed by atoms with Gasteiger partial charge >= 0.3 is 0 Å². The van der Waals surface area contributed by atoms with Gasteiger partial charge in [0.2, 0.25) is 5.91 Å². The number of nitrogens with zero attached hydrogens (tertiary/aromatic N) is 2. The van der Waals surface area contributed by atoms with Crippen LogP contribution in [0.2, 0.25) is 0 Å². The third kappa shape index (κ3) is 2.22. The van der Waals surface area contributed by atoms with Crippen molar-refractivity contribution in [3.05, 3.63) is 36.0 Å². The Bertz CT molecular complexity index is 748. The van der Waals surface area contributed by atoms with E-state index in [1.165, 1.54) is 0 Å². The van der Waals surface area contributed by atoms with Crippen LogP contribution in [0.25, 0.3) is 10.9 Å². The fourth-order valence-electron chi connectivity index (χ4n) is 4.10. The normalized spacial score (nSPS) is 24.8. The molecule has 2 aromatic rings. The van der Waals surface area contributed by atoms with E-state index < -0.39 is 0 Å². The summed E-state index contributed by atoms with van der Waals surface area (Å²) in [5, 5.41) is 1.04. The number of H-pyrrole nitrogens is 1. The molecule has 5 heteroatoms. The maximum Gasteiger partial charge on any atom is 0.270 e. The van der Waals surface area contributed by atoms with Gasteiger partial charge in [-0.2, -0.15) is 0 Å². The van der Waals surface area contributed by atoms with Crippen molar-refractivity contribution in [3.63, 3.8) is 0 Å². The van der Waals surface area contributed by atoms with E-state index in [4.69, 9.17) is 0 Å². The van der Waals surface area contributed by atoms with E-state index in [9.17, 15) is 9.59 Å². The van der Waals surface area contributed by atoms with Crippen LogP contribution in [-0.2, 0) is 4.79 Å². The monoisotopic (exact) mass is 311 g/mol. The van der Waals surface area contributed by atoms with Crippen LogP contribution in [-0.4, -0.2) is 52.3 Å². The summed E-state index contributed by atoms with van der Waals surface area (Å²) < 4.78 is 0. The average molecular weight is 311 g/mol. The molecule has 5 nitrogen and oxygen atoms in total. The van der Waals surface area contributed by atoms with Crippen molar-refractivity contribution < 1.29 is 9.59 Å². The zero-order valence-corrected chi connectivity index (χ0v) is 13.3. The van der Waals surface area contributed by atoms with Gasteiger partial charge in [0, 0.05) is 31.0 Å². The Labute approximate surface area is 135 Å². The summed E-state index contributed by atoms with van der Waals surface area (Å²) in [4.78, 5) is 32.1. The first-order chi connectivity index (χ1) is 11.1. The van der Waals surface area contributed by atoms with Gasteiger partial charge in [-0.05, 0) is 31.4 Å². The first-order valence-corrected chi connectivity index (χ1v) is 8.23. The number of para-hydroxylation sites is 1. The van der Waals surface area contributed by atoms with Gasteiger partial charge in [-0.1, -0.05) is 18.2 Å². The molecule has 23 heavy (non-hydrogen) atoms. The third-order valence-corrected chi connectivity index (χ3v) is 5.29. The van der Waals surface area contributed by atoms with Gasteiger partial charge in [0.25, 0.3) is 5.91 Å². The minimum absolute atomic E-state index is 0.0176. The number of rotatable bonds is 1. The summed E-state index contributed by atoms with van der Waals surface area (Å²) in [6, 6.07) is 9.82.